The van der Waals surface area contributed by atoms with Gasteiger partial charge >= 0.3 is 0 Å². The number of rotatable bonds is 5. The van der Waals surface area contributed by atoms with Crippen LogP contribution >= 0.6 is 0 Å². The van der Waals surface area contributed by atoms with Crippen LogP contribution < -0.4 is 10.1 Å². The van der Waals surface area contributed by atoms with Crippen molar-refractivity contribution < 1.29 is 9.53 Å². The molecular weight excluding hydrogens is 288 g/mol. The molecule has 2 aromatic rings. The molecule has 4 heteroatoms. The van der Waals surface area contributed by atoms with E-state index in [2.05, 4.69) is 31.1 Å². The van der Waals surface area contributed by atoms with Crippen molar-refractivity contribution in [3.8, 4) is 5.75 Å². The van der Waals surface area contributed by atoms with E-state index in [0.29, 0.717) is 12.3 Å². The van der Waals surface area contributed by atoms with E-state index in [1.165, 1.54) is 5.56 Å². The number of ether oxygens (including phenoxy) is 1. The smallest absolute Gasteiger partial charge is 0.261 e. The summed E-state index contributed by atoms with van der Waals surface area (Å²) in [6.07, 6.45) is 2.87. The van der Waals surface area contributed by atoms with Crippen molar-refractivity contribution in [2.75, 3.05) is 0 Å². The van der Waals surface area contributed by atoms with Gasteiger partial charge in [0.1, 0.15) is 5.75 Å². The third-order valence-corrected chi connectivity index (χ3v) is 3.62. The maximum absolute atomic E-state index is 12.1. The maximum Gasteiger partial charge on any atom is 0.261 e. The van der Waals surface area contributed by atoms with Crippen LogP contribution in [0.4, 0.5) is 0 Å². The van der Waals surface area contributed by atoms with Gasteiger partial charge in [0.2, 0.25) is 0 Å². The SMILES string of the molecule is CC(Oc1ccc(C(C)(C)C)cc1)C(=O)NCc1ccncc1. The van der Waals surface area contributed by atoms with E-state index in [-0.39, 0.29) is 11.3 Å². The largest absolute Gasteiger partial charge is 0.481 e. The van der Waals surface area contributed by atoms with E-state index in [1.807, 2.05) is 36.4 Å². The first-order valence-electron chi connectivity index (χ1n) is 7.80. The van der Waals surface area contributed by atoms with Crippen molar-refractivity contribution in [2.24, 2.45) is 0 Å². The van der Waals surface area contributed by atoms with Crippen molar-refractivity contribution in [1.29, 1.82) is 0 Å². The van der Waals surface area contributed by atoms with E-state index in [4.69, 9.17) is 4.74 Å². The van der Waals surface area contributed by atoms with Crippen LogP contribution in [-0.2, 0) is 16.8 Å². The van der Waals surface area contributed by atoms with Gasteiger partial charge in [-0.1, -0.05) is 32.9 Å². The fraction of sp³-hybridized carbons (Fsp3) is 0.368. The lowest BCUT2D eigenvalue weighted by molar-refractivity contribution is -0.127. The highest BCUT2D eigenvalue weighted by Gasteiger charge is 2.16. The lowest BCUT2D eigenvalue weighted by atomic mass is 9.87. The zero-order valence-corrected chi connectivity index (χ0v) is 14.2. The normalized spacial score (nSPS) is 12.5. The van der Waals surface area contributed by atoms with Gasteiger partial charge in [-0.25, -0.2) is 0 Å². The third kappa shape index (κ3) is 5.09. The van der Waals surface area contributed by atoms with Gasteiger partial charge in [-0.2, -0.15) is 0 Å². The molecule has 0 bridgehead atoms. The molecule has 0 spiro atoms. The van der Waals surface area contributed by atoms with Gasteiger partial charge in [0.05, 0.1) is 0 Å². The Kier molecular flexibility index (Phi) is 5.37. The zero-order chi connectivity index (χ0) is 16.9. The van der Waals surface area contributed by atoms with E-state index < -0.39 is 6.10 Å². The van der Waals surface area contributed by atoms with Crippen molar-refractivity contribution in [2.45, 2.75) is 45.8 Å². The molecular formula is C19H24N2O2. The van der Waals surface area contributed by atoms with E-state index >= 15 is 0 Å². The molecule has 0 saturated heterocycles. The molecule has 1 unspecified atom stereocenters. The van der Waals surface area contributed by atoms with E-state index in [1.54, 1.807) is 19.3 Å². The summed E-state index contributed by atoms with van der Waals surface area (Å²) in [6.45, 7) is 8.71. The number of nitrogens with one attached hydrogen (secondary N) is 1. The minimum absolute atomic E-state index is 0.103. The van der Waals surface area contributed by atoms with E-state index in [0.717, 1.165) is 5.56 Å². The van der Waals surface area contributed by atoms with Crippen LogP contribution in [0.2, 0.25) is 0 Å². The molecule has 1 aromatic heterocycles. The monoisotopic (exact) mass is 312 g/mol. The predicted molar refractivity (Wildman–Crippen MR) is 91.3 cm³/mol. The Morgan fingerprint density at radius 3 is 2.30 bits per heavy atom. The number of amides is 1. The molecule has 23 heavy (non-hydrogen) atoms. The summed E-state index contributed by atoms with van der Waals surface area (Å²) in [5.41, 5.74) is 2.35. The second-order valence-electron chi connectivity index (χ2n) is 6.61. The van der Waals surface area contributed by atoms with Crippen molar-refractivity contribution >= 4 is 5.91 Å². The van der Waals surface area contributed by atoms with Crippen molar-refractivity contribution in [3.63, 3.8) is 0 Å². The van der Waals surface area contributed by atoms with Gasteiger partial charge in [-0.15, -0.1) is 0 Å². The van der Waals surface area contributed by atoms with Crippen LogP contribution in [0.3, 0.4) is 0 Å². The Morgan fingerprint density at radius 1 is 1.13 bits per heavy atom. The molecule has 1 aromatic carbocycles. The second kappa shape index (κ2) is 7.27. The minimum Gasteiger partial charge on any atom is -0.481 e. The number of carbonyl (C=O) groups is 1. The highest BCUT2D eigenvalue weighted by molar-refractivity contribution is 5.80. The summed E-state index contributed by atoms with van der Waals surface area (Å²) in [5.74, 6) is 0.561. The molecule has 0 aliphatic carbocycles. The number of aromatic nitrogens is 1. The first-order valence-corrected chi connectivity index (χ1v) is 7.80. The quantitative estimate of drug-likeness (QED) is 0.920. The average molecular weight is 312 g/mol. The highest BCUT2D eigenvalue weighted by Crippen LogP contribution is 2.24. The zero-order valence-electron chi connectivity index (χ0n) is 14.2. The van der Waals surface area contributed by atoms with Gasteiger partial charge in [-0.3, -0.25) is 9.78 Å². The first-order chi connectivity index (χ1) is 10.9. The Labute approximate surface area is 137 Å². The minimum atomic E-state index is -0.544. The maximum atomic E-state index is 12.1. The molecule has 0 radical (unpaired) electrons. The summed E-state index contributed by atoms with van der Waals surface area (Å²) in [5, 5.41) is 2.86. The lowest BCUT2D eigenvalue weighted by Crippen LogP contribution is -2.35. The van der Waals surface area contributed by atoms with Crippen LogP contribution in [-0.4, -0.2) is 17.0 Å². The first kappa shape index (κ1) is 17.0. The number of carbonyl (C=O) groups excluding carboxylic acids is 1. The molecule has 1 heterocycles. The van der Waals surface area contributed by atoms with Crippen LogP contribution in [0, 0.1) is 0 Å². The fourth-order valence-corrected chi connectivity index (χ4v) is 2.12. The van der Waals surface area contributed by atoms with Crippen LogP contribution in [0.1, 0.15) is 38.8 Å². The molecule has 1 atom stereocenters. The molecule has 122 valence electrons. The average Bonchev–Trinajstić information content (AvgIpc) is 2.53. The summed E-state index contributed by atoms with van der Waals surface area (Å²) in [6, 6.07) is 11.6. The fourth-order valence-electron chi connectivity index (χ4n) is 2.12. The number of pyridine rings is 1. The van der Waals surface area contributed by atoms with Gasteiger partial charge in [0.15, 0.2) is 6.10 Å². The van der Waals surface area contributed by atoms with Gasteiger partial charge in [0, 0.05) is 18.9 Å². The van der Waals surface area contributed by atoms with Gasteiger partial charge in [0.25, 0.3) is 5.91 Å². The molecule has 0 aliphatic rings. The molecule has 0 saturated carbocycles. The highest BCUT2D eigenvalue weighted by atomic mass is 16.5. The van der Waals surface area contributed by atoms with Gasteiger partial charge in [-0.05, 0) is 47.7 Å². The van der Waals surface area contributed by atoms with Crippen LogP contribution in [0.5, 0.6) is 5.75 Å². The van der Waals surface area contributed by atoms with Crippen molar-refractivity contribution in [1.82, 2.24) is 10.3 Å². The Balaban J connectivity index is 1.88. The summed E-state index contributed by atoms with van der Waals surface area (Å²) >= 11 is 0. The Bertz CT molecular complexity index is 631. The number of hydrogen-bond acceptors (Lipinski definition) is 3. The second-order valence-corrected chi connectivity index (χ2v) is 6.61. The Morgan fingerprint density at radius 2 is 1.74 bits per heavy atom. The third-order valence-electron chi connectivity index (χ3n) is 3.62. The molecule has 2 rings (SSSR count). The molecule has 0 aliphatic heterocycles. The summed E-state index contributed by atoms with van der Waals surface area (Å²) in [4.78, 5) is 16.0. The summed E-state index contributed by atoms with van der Waals surface area (Å²) in [7, 11) is 0. The molecule has 4 nitrogen and oxygen atoms in total. The van der Waals surface area contributed by atoms with Crippen LogP contribution in [0.25, 0.3) is 0 Å². The number of hydrogen-bond donors (Lipinski definition) is 1. The van der Waals surface area contributed by atoms with Crippen molar-refractivity contribution in [3.05, 3.63) is 59.9 Å². The topological polar surface area (TPSA) is 51.2 Å². The molecule has 1 amide bonds. The molecule has 1 N–H and O–H groups in total. The lowest BCUT2D eigenvalue weighted by Gasteiger charge is -2.20. The predicted octanol–water partition coefficient (Wildman–Crippen LogP) is 3.46. The van der Waals surface area contributed by atoms with Gasteiger partial charge < -0.3 is 10.1 Å². The van der Waals surface area contributed by atoms with Crippen LogP contribution in [0.15, 0.2) is 48.8 Å². The standard InChI is InChI=1S/C19H24N2O2/c1-14(18(22)21-13-15-9-11-20-12-10-15)23-17-7-5-16(6-8-17)19(2,3)4/h5-12,14H,13H2,1-4H3,(H,21,22). The number of benzene rings is 1. The molecule has 0 fully saturated rings. The Hall–Kier alpha value is -2.36. The van der Waals surface area contributed by atoms with E-state index in [9.17, 15) is 4.79 Å². The summed E-state index contributed by atoms with van der Waals surface area (Å²) < 4.78 is 5.71. The number of nitrogens with zero attached hydrogens (tertiary/aromatic N) is 1.